The quantitative estimate of drug-likeness (QED) is 0.275. The van der Waals surface area contributed by atoms with Gasteiger partial charge in [-0.05, 0) is 0 Å². The first kappa shape index (κ1) is 39.5. The first-order valence-electron chi connectivity index (χ1n) is 0. The van der Waals surface area contributed by atoms with Crippen molar-refractivity contribution >= 4 is 48.9 Å². The van der Waals surface area contributed by atoms with Crippen molar-refractivity contribution < 1.29 is 153 Å². The number of hydrogen-bond donors (Lipinski definition) is 0. The molecule has 0 aromatic rings. The third-order valence-corrected chi connectivity index (χ3v) is 0. The Kier molecular flexibility index (Phi) is 199. The third-order valence-electron chi connectivity index (χ3n) is 0. The zero-order valence-electron chi connectivity index (χ0n) is 2.09. The molecule has 0 aromatic heterocycles. The Morgan fingerprint density at radius 2 is 1.00 bits per heavy atom. The van der Waals surface area contributed by atoms with Crippen LogP contribution in [0.25, 0.3) is 0 Å². The van der Waals surface area contributed by atoms with Crippen molar-refractivity contribution in [3.05, 3.63) is 0 Å². The summed E-state index contributed by atoms with van der Waals surface area (Å²) in [6.45, 7) is 0. The second-order valence-corrected chi connectivity index (χ2v) is 0. The van der Waals surface area contributed by atoms with E-state index in [9.17, 15) is 0 Å². The van der Waals surface area contributed by atoms with Crippen LogP contribution in [0.1, 0.15) is 0 Å². The molecular weight excluding hydrogens is 663 g/mol. The van der Waals surface area contributed by atoms with Gasteiger partial charge < -0.3 is 5.48 Å². The standard InChI is InChI=1S/Ba.Cu.Eu.Nd.H2O.Sm.2H/h;;;;1H2;;;. The molecule has 0 rings (SSSR count). The van der Waals surface area contributed by atoms with Crippen LogP contribution in [0, 0.1) is 131 Å². The van der Waals surface area contributed by atoms with Crippen LogP contribution in [0.3, 0.4) is 0 Å². The maximum absolute atomic E-state index is 0. The maximum Gasteiger partial charge on any atom is 0 e. The molecule has 40 valence electrons. The Hall–Kier alpha value is 6.32. The normalized spacial score (nSPS) is 0. The minimum absolute atomic E-state index is 0. The molecule has 0 fully saturated rings. The number of hydrogen-bond acceptors (Lipinski definition) is 0. The molecule has 0 saturated heterocycles. The Balaban J connectivity index is 0. The van der Waals surface area contributed by atoms with Gasteiger partial charge in [0, 0.05) is 148 Å². The molecule has 0 spiro atoms. The van der Waals surface area contributed by atoms with E-state index in [-0.39, 0.29) is 202 Å². The molecule has 6 heavy (non-hydrogen) atoms. The predicted octanol–water partition coefficient (Wildman–Crippen LogP) is -1.74. The Bertz CT molecular complexity index is 15.5. The van der Waals surface area contributed by atoms with E-state index in [1.807, 2.05) is 0 Å². The summed E-state index contributed by atoms with van der Waals surface area (Å²) in [5.74, 6) is 0. The molecule has 0 unspecified atom stereocenters. The van der Waals surface area contributed by atoms with E-state index >= 15 is 0 Å². The summed E-state index contributed by atoms with van der Waals surface area (Å²) < 4.78 is 0. The Labute approximate surface area is 195 Å². The first-order chi connectivity index (χ1) is 0. The van der Waals surface area contributed by atoms with Crippen LogP contribution >= 0.6 is 0 Å². The summed E-state index contributed by atoms with van der Waals surface area (Å²) >= 11 is 0. The van der Waals surface area contributed by atoms with Gasteiger partial charge in [0.15, 0.2) is 0 Å². The van der Waals surface area contributed by atoms with Gasteiger partial charge in [-0.2, -0.15) is 0 Å². The minimum Gasteiger partial charge on any atom is 0 e. The first-order valence-corrected chi connectivity index (χ1v) is 0. The van der Waals surface area contributed by atoms with E-state index in [0.29, 0.717) is 0 Å². The summed E-state index contributed by atoms with van der Waals surface area (Å²) in [7, 11) is 0. The van der Waals surface area contributed by atoms with E-state index in [4.69, 9.17) is 0 Å². The van der Waals surface area contributed by atoms with E-state index in [1.165, 1.54) is 0 Å². The van der Waals surface area contributed by atoms with E-state index in [1.54, 1.807) is 0 Å². The van der Waals surface area contributed by atoms with Gasteiger partial charge in [0.05, 0.1) is 0 Å². The molecule has 6 heteroatoms. The zero-order chi connectivity index (χ0) is 0. The van der Waals surface area contributed by atoms with E-state index < -0.39 is 0 Å². The molecule has 1 nitrogen and oxygen atoms in total. The van der Waals surface area contributed by atoms with Gasteiger partial charge in [0.2, 0.25) is 0 Å². The van der Waals surface area contributed by atoms with Crippen LogP contribution in [0.5, 0.6) is 0 Å². The smallest absolute Gasteiger partial charge is 0 e. The zero-order valence-corrected chi connectivity index (χ0v) is 11.3. The molecular formula is H4BaCuEuNdOSm. The van der Waals surface area contributed by atoms with Crippen molar-refractivity contribution in [2.24, 2.45) is 0 Å². The topological polar surface area (TPSA) is 31.5 Å². The van der Waals surface area contributed by atoms with Gasteiger partial charge in [-0.25, -0.2) is 0 Å². The fourth-order valence-corrected chi connectivity index (χ4v) is 0. The Morgan fingerprint density at radius 1 is 1.00 bits per heavy atom. The SMILES string of the molecule is O.[BaH2].[Cu].[Eu].[Nd].[Sm]. The van der Waals surface area contributed by atoms with Crippen LogP contribution in [0.15, 0.2) is 0 Å². The molecule has 0 aliphatic carbocycles. The average molecular weight is 667 g/mol. The molecule has 0 heterocycles. The molecule has 0 aliphatic rings. The van der Waals surface area contributed by atoms with Crippen LogP contribution in [0.4, 0.5) is 0 Å². The third kappa shape index (κ3) is 22.4. The van der Waals surface area contributed by atoms with Gasteiger partial charge in [-0.15, -0.1) is 0 Å². The van der Waals surface area contributed by atoms with Gasteiger partial charge in [0.25, 0.3) is 0 Å². The van der Waals surface area contributed by atoms with Crippen molar-refractivity contribution in [3.63, 3.8) is 0 Å². The van der Waals surface area contributed by atoms with Crippen LogP contribution in [-0.4, -0.2) is 54.4 Å². The second kappa shape index (κ2) is 30.2. The predicted molar refractivity (Wildman–Crippen MR) is 12.2 cm³/mol. The molecule has 2 N–H and O–H groups in total. The van der Waals surface area contributed by atoms with E-state index in [0.717, 1.165) is 0 Å². The van der Waals surface area contributed by atoms with Gasteiger partial charge in [-0.1, -0.05) is 0 Å². The van der Waals surface area contributed by atoms with E-state index in [2.05, 4.69) is 0 Å². The fourth-order valence-electron chi connectivity index (χ4n) is 0. The van der Waals surface area contributed by atoms with Gasteiger partial charge in [-0.3, -0.25) is 0 Å². The largest absolute Gasteiger partial charge is 0 e. The summed E-state index contributed by atoms with van der Waals surface area (Å²) in [6, 6.07) is 0. The summed E-state index contributed by atoms with van der Waals surface area (Å²) in [6.07, 6.45) is 0. The minimum atomic E-state index is 0. The molecule has 0 amide bonds. The second-order valence-electron chi connectivity index (χ2n) is 0. The molecule has 0 bridgehead atoms. The van der Waals surface area contributed by atoms with Crippen LogP contribution in [0.2, 0.25) is 0 Å². The summed E-state index contributed by atoms with van der Waals surface area (Å²) in [4.78, 5) is 0. The fraction of sp³-hybridized carbons (Fsp3) is 0. The molecule has 2 radical (unpaired) electrons. The molecule has 0 aromatic carbocycles. The van der Waals surface area contributed by atoms with Crippen molar-refractivity contribution in [1.29, 1.82) is 0 Å². The van der Waals surface area contributed by atoms with Crippen LogP contribution < -0.4 is 0 Å². The maximum atomic E-state index is 0. The summed E-state index contributed by atoms with van der Waals surface area (Å²) in [5, 5.41) is 0. The molecule has 0 saturated carbocycles. The molecule has 0 aliphatic heterocycles. The van der Waals surface area contributed by atoms with Crippen LogP contribution in [-0.2, 0) is 17.1 Å². The summed E-state index contributed by atoms with van der Waals surface area (Å²) in [5.41, 5.74) is 0. The van der Waals surface area contributed by atoms with Crippen molar-refractivity contribution in [2.45, 2.75) is 0 Å². The van der Waals surface area contributed by atoms with Gasteiger partial charge in [0.1, 0.15) is 0 Å². The van der Waals surface area contributed by atoms with Crippen molar-refractivity contribution in [2.75, 3.05) is 0 Å². The van der Waals surface area contributed by atoms with Crippen molar-refractivity contribution in [3.8, 4) is 0 Å². The number of rotatable bonds is 0. The average Bonchev–Trinajstić information content (AvgIpc) is 0. The Morgan fingerprint density at radius 3 is 1.00 bits per heavy atom. The van der Waals surface area contributed by atoms with Crippen molar-refractivity contribution in [1.82, 2.24) is 0 Å². The molecule has 0 atom stereocenters. The monoisotopic (exact) mass is 668 g/mol. The van der Waals surface area contributed by atoms with Gasteiger partial charge >= 0.3 is 48.9 Å².